The molecule has 0 bridgehead atoms. The first-order chi connectivity index (χ1) is 12.7. The molecule has 0 N–H and O–H groups in total. The van der Waals surface area contributed by atoms with Crippen molar-refractivity contribution in [3.05, 3.63) is 69.5 Å². The Morgan fingerprint density at radius 3 is 2.58 bits per heavy atom. The lowest BCUT2D eigenvalue weighted by molar-refractivity contribution is 0.261. The normalized spacial score (nSPS) is 16.4. The van der Waals surface area contributed by atoms with Gasteiger partial charge in [-0.2, -0.15) is 4.98 Å². The van der Waals surface area contributed by atoms with Gasteiger partial charge in [-0.25, -0.2) is 0 Å². The highest BCUT2D eigenvalue weighted by molar-refractivity contribution is 7.09. The van der Waals surface area contributed by atoms with Gasteiger partial charge < -0.3 is 4.52 Å². The number of aromatic nitrogens is 2. The van der Waals surface area contributed by atoms with Crippen LogP contribution in [-0.2, 0) is 18.5 Å². The van der Waals surface area contributed by atoms with Gasteiger partial charge in [0.25, 0.3) is 0 Å². The quantitative estimate of drug-likeness (QED) is 0.619. The molecule has 2 aromatic heterocycles. The first kappa shape index (κ1) is 17.4. The maximum Gasteiger partial charge on any atom is 0.240 e. The van der Waals surface area contributed by atoms with Crippen LogP contribution in [0.3, 0.4) is 0 Å². The number of aryl methyl sites for hydroxylation is 1. The summed E-state index contributed by atoms with van der Waals surface area (Å²) < 4.78 is 5.64. The van der Waals surface area contributed by atoms with Gasteiger partial charge in [0.15, 0.2) is 5.82 Å². The van der Waals surface area contributed by atoms with Gasteiger partial charge in [-0.15, -0.1) is 11.3 Å². The number of nitrogens with zero attached hydrogens (tertiary/aromatic N) is 3. The van der Waals surface area contributed by atoms with E-state index in [0.29, 0.717) is 12.4 Å². The number of hydrogen-bond acceptors (Lipinski definition) is 5. The molecule has 2 heterocycles. The molecule has 4 rings (SSSR count). The molecule has 1 aliphatic rings. The van der Waals surface area contributed by atoms with Crippen molar-refractivity contribution in [2.45, 2.75) is 51.1 Å². The summed E-state index contributed by atoms with van der Waals surface area (Å²) in [6.07, 6.45) is 4.63. The minimum atomic E-state index is -0.0816. The van der Waals surface area contributed by atoms with Crippen LogP contribution in [0.5, 0.6) is 0 Å². The van der Waals surface area contributed by atoms with E-state index in [-0.39, 0.29) is 5.41 Å². The largest absolute Gasteiger partial charge is 0.338 e. The first-order valence-corrected chi connectivity index (χ1v) is 10.1. The van der Waals surface area contributed by atoms with Gasteiger partial charge in [0.1, 0.15) is 0 Å². The highest BCUT2D eigenvalue weighted by Crippen LogP contribution is 2.45. The van der Waals surface area contributed by atoms with E-state index in [1.807, 2.05) is 0 Å². The second-order valence-electron chi connectivity index (χ2n) is 7.42. The summed E-state index contributed by atoms with van der Waals surface area (Å²) in [7, 11) is 2.09. The van der Waals surface area contributed by atoms with Crippen LogP contribution >= 0.6 is 11.3 Å². The molecule has 1 fully saturated rings. The molecule has 26 heavy (non-hydrogen) atoms. The van der Waals surface area contributed by atoms with Crippen molar-refractivity contribution in [2.24, 2.45) is 0 Å². The van der Waals surface area contributed by atoms with Crippen molar-refractivity contribution in [1.82, 2.24) is 15.0 Å². The van der Waals surface area contributed by atoms with Crippen LogP contribution in [-0.4, -0.2) is 22.1 Å². The molecule has 136 valence electrons. The fourth-order valence-electron chi connectivity index (χ4n) is 3.96. The number of benzene rings is 1. The second kappa shape index (κ2) is 7.33. The van der Waals surface area contributed by atoms with Gasteiger partial charge in [0, 0.05) is 11.4 Å². The predicted molar refractivity (Wildman–Crippen MR) is 104 cm³/mol. The number of thiophene rings is 1. The summed E-state index contributed by atoms with van der Waals surface area (Å²) in [5, 5.41) is 6.52. The highest BCUT2D eigenvalue weighted by Gasteiger charge is 2.41. The summed E-state index contributed by atoms with van der Waals surface area (Å²) in [6.45, 7) is 3.70. The molecule has 3 aromatic rings. The third kappa shape index (κ3) is 3.46. The minimum Gasteiger partial charge on any atom is -0.338 e. The van der Waals surface area contributed by atoms with E-state index in [9.17, 15) is 0 Å². The maximum absolute atomic E-state index is 5.64. The summed E-state index contributed by atoms with van der Waals surface area (Å²) in [4.78, 5) is 8.38. The van der Waals surface area contributed by atoms with Crippen molar-refractivity contribution in [2.75, 3.05) is 7.05 Å². The zero-order valence-electron chi connectivity index (χ0n) is 15.4. The Morgan fingerprint density at radius 1 is 1.12 bits per heavy atom. The summed E-state index contributed by atoms with van der Waals surface area (Å²) in [5.74, 6) is 1.57. The summed E-state index contributed by atoms with van der Waals surface area (Å²) in [6, 6.07) is 13.1. The Bertz CT molecular complexity index is 833. The Hall–Kier alpha value is -1.98. The molecule has 4 nitrogen and oxygen atoms in total. The standard InChI is InChI=1S/C21H25N3OS/c1-16-7-9-17(10-8-16)21(11-3-4-12-21)20-22-19(25-23-20)15-24(2)14-18-6-5-13-26-18/h5-10,13H,3-4,11-12,14-15H2,1-2H3. The Balaban J connectivity index is 1.54. The number of hydrogen-bond donors (Lipinski definition) is 0. The molecular formula is C21H25N3OS. The van der Waals surface area contributed by atoms with Crippen LogP contribution in [0, 0.1) is 6.92 Å². The number of rotatable bonds is 6. The Kier molecular flexibility index (Phi) is 4.92. The lowest BCUT2D eigenvalue weighted by Gasteiger charge is -2.26. The van der Waals surface area contributed by atoms with Crippen molar-refractivity contribution < 1.29 is 4.52 Å². The van der Waals surface area contributed by atoms with E-state index in [0.717, 1.165) is 25.2 Å². The average molecular weight is 368 g/mol. The van der Waals surface area contributed by atoms with Crippen LogP contribution in [0.15, 0.2) is 46.3 Å². The van der Waals surface area contributed by atoms with Crippen LogP contribution in [0.4, 0.5) is 0 Å². The third-order valence-electron chi connectivity index (χ3n) is 5.37. The van der Waals surface area contributed by atoms with Gasteiger partial charge in [-0.05, 0) is 43.8 Å². The molecule has 0 unspecified atom stereocenters. The monoisotopic (exact) mass is 367 g/mol. The van der Waals surface area contributed by atoms with Crippen molar-refractivity contribution >= 4 is 11.3 Å². The predicted octanol–water partition coefficient (Wildman–Crippen LogP) is 4.93. The van der Waals surface area contributed by atoms with Crippen molar-refractivity contribution in [1.29, 1.82) is 0 Å². The van der Waals surface area contributed by atoms with E-state index in [4.69, 9.17) is 9.51 Å². The van der Waals surface area contributed by atoms with Crippen LogP contribution < -0.4 is 0 Å². The molecule has 0 amide bonds. The van der Waals surface area contributed by atoms with Crippen LogP contribution in [0.1, 0.15) is 53.4 Å². The molecule has 0 aliphatic heterocycles. The van der Waals surface area contributed by atoms with Crippen molar-refractivity contribution in [3.8, 4) is 0 Å². The van der Waals surface area contributed by atoms with Gasteiger partial charge in [0.2, 0.25) is 5.89 Å². The maximum atomic E-state index is 5.64. The topological polar surface area (TPSA) is 42.2 Å². The Labute approximate surface area is 158 Å². The molecule has 5 heteroatoms. The third-order valence-corrected chi connectivity index (χ3v) is 6.23. The molecule has 1 saturated carbocycles. The molecular weight excluding hydrogens is 342 g/mol. The van der Waals surface area contributed by atoms with E-state index >= 15 is 0 Å². The van der Waals surface area contributed by atoms with Crippen LogP contribution in [0.2, 0.25) is 0 Å². The van der Waals surface area contributed by atoms with Gasteiger partial charge in [-0.3, -0.25) is 4.90 Å². The molecule has 1 aromatic carbocycles. The van der Waals surface area contributed by atoms with E-state index in [2.05, 4.69) is 65.8 Å². The lowest BCUT2D eigenvalue weighted by atomic mass is 9.78. The zero-order chi connectivity index (χ0) is 18.0. The smallest absolute Gasteiger partial charge is 0.240 e. The minimum absolute atomic E-state index is 0.0816. The van der Waals surface area contributed by atoms with Gasteiger partial charge in [0.05, 0.1) is 12.0 Å². The molecule has 1 aliphatic carbocycles. The molecule has 0 radical (unpaired) electrons. The second-order valence-corrected chi connectivity index (χ2v) is 8.45. The van der Waals surface area contributed by atoms with Gasteiger partial charge in [-0.1, -0.05) is 53.9 Å². The van der Waals surface area contributed by atoms with E-state index < -0.39 is 0 Å². The summed E-state index contributed by atoms with van der Waals surface area (Å²) in [5.41, 5.74) is 2.52. The van der Waals surface area contributed by atoms with Crippen LogP contribution in [0.25, 0.3) is 0 Å². The molecule has 0 spiro atoms. The summed E-state index contributed by atoms with van der Waals surface area (Å²) >= 11 is 1.78. The fraction of sp³-hybridized carbons (Fsp3) is 0.429. The average Bonchev–Trinajstić information content (AvgIpc) is 3.37. The highest BCUT2D eigenvalue weighted by atomic mass is 32.1. The lowest BCUT2D eigenvalue weighted by Crippen LogP contribution is -2.25. The van der Waals surface area contributed by atoms with E-state index in [1.165, 1.54) is 28.8 Å². The van der Waals surface area contributed by atoms with Gasteiger partial charge >= 0.3 is 0 Å². The SMILES string of the molecule is Cc1ccc(C2(c3noc(CN(C)Cc4cccs4)n3)CCCC2)cc1. The molecule has 0 atom stereocenters. The molecule has 0 saturated heterocycles. The fourth-order valence-corrected chi connectivity index (χ4v) is 4.75. The Morgan fingerprint density at radius 2 is 1.88 bits per heavy atom. The zero-order valence-corrected chi connectivity index (χ0v) is 16.3. The van der Waals surface area contributed by atoms with Crippen molar-refractivity contribution in [3.63, 3.8) is 0 Å². The first-order valence-electron chi connectivity index (χ1n) is 9.27. The van der Waals surface area contributed by atoms with E-state index in [1.54, 1.807) is 11.3 Å².